The maximum Gasteiger partial charge on any atom is 0.191 e. The Balaban J connectivity index is 0.00000261. The SMILES string of the molecule is CCc1nc(CCN=C(N)N2CCN(c3ccc(F)cc3)CC2)sc1C.I. The Bertz CT molecular complexity index is 754. The summed E-state index contributed by atoms with van der Waals surface area (Å²) in [4.78, 5) is 14.8. The van der Waals surface area contributed by atoms with E-state index in [-0.39, 0.29) is 29.8 Å². The molecule has 0 radical (unpaired) electrons. The molecule has 0 saturated carbocycles. The van der Waals surface area contributed by atoms with E-state index in [1.807, 2.05) is 12.1 Å². The molecular formula is C19H27FIN5S. The number of nitrogens with two attached hydrogens (primary N) is 1. The number of aryl methyl sites for hydroxylation is 2. The molecule has 3 rings (SSSR count). The van der Waals surface area contributed by atoms with Gasteiger partial charge in [-0.15, -0.1) is 35.3 Å². The minimum Gasteiger partial charge on any atom is -0.370 e. The summed E-state index contributed by atoms with van der Waals surface area (Å²) in [5.41, 5.74) is 8.41. The van der Waals surface area contributed by atoms with E-state index in [9.17, 15) is 4.39 Å². The molecule has 2 heterocycles. The minimum atomic E-state index is -0.203. The number of hydrogen-bond acceptors (Lipinski definition) is 4. The summed E-state index contributed by atoms with van der Waals surface area (Å²) >= 11 is 1.76. The van der Waals surface area contributed by atoms with Crippen LogP contribution in [0.15, 0.2) is 29.3 Å². The van der Waals surface area contributed by atoms with E-state index in [1.54, 1.807) is 11.3 Å². The Morgan fingerprint density at radius 3 is 2.48 bits per heavy atom. The number of aliphatic imine (C=N–C) groups is 1. The highest BCUT2D eigenvalue weighted by molar-refractivity contribution is 14.0. The van der Waals surface area contributed by atoms with Crippen molar-refractivity contribution in [1.29, 1.82) is 0 Å². The molecule has 0 aliphatic carbocycles. The van der Waals surface area contributed by atoms with Crippen LogP contribution in [0, 0.1) is 12.7 Å². The van der Waals surface area contributed by atoms with Gasteiger partial charge in [0.25, 0.3) is 0 Å². The predicted octanol–water partition coefficient (Wildman–Crippen LogP) is 3.45. The summed E-state index contributed by atoms with van der Waals surface area (Å²) in [6, 6.07) is 6.65. The van der Waals surface area contributed by atoms with Crippen molar-refractivity contribution in [2.24, 2.45) is 10.7 Å². The average molecular weight is 503 g/mol. The Morgan fingerprint density at radius 1 is 1.22 bits per heavy atom. The highest BCUT2D eigenvalue weighted by Gasteiger charge is 2.18. The number of hydrogen-bond donors (Lipinski definition) is 1. The van der Waals surface area contributed by atoms with Crippen molar-refractivity contribution in [3.63, 3.8) is 0 Å². The molecule has 1 aromatic heterocycles. The monoisotopic (exact) mass is 503 g/mol. The molecule has 0 spiro atoms. The van der Waals surface area contributed by atoms with Gasteiger partial charge in [0, 0.05) is 49.7 Å². The minimum absolute atomic E-state index is 0. The quantitative estimate of drug-likeness (QED) is 0.386. The molecule has 1 aliphatic heterocycles. The van der Waals surface area contributed by atoms with Crippen molar-refractivity contribution < 1.29 is 4.39 Å². The Labute approximate surface area is 181 Å². The van der Waals surface area contributed by atoms with Gasteiger partial charge in [0.1, 0.15) is 5.82 Å². The number of thiazole rings is 1. The van der Waals surface area contributed by atoms with Crippen LogP contribution in [-0.2, 0) is 12.8 Å². The fourth-order valence-electron chi connectivity index (χ4n) is 3.13. The van der Waals surface area contributed by atoms with Gasteiger partial charge in [0.15, 0.2) is 5.96 Å². The second-order valence-electron chi connectivity index (χ2n) is 6.40. The number of benzene rings is 1. The van der Waals surface area contributed by atoms with Gasteiger partial charge in [-0.2, -0.15) is 0 Å². The molecule has 2 N–H and O–H groups in total. The molecule has 5 nitrogen and oxygen atoms in total. The zero-order chi connectivity index (χ0) is 18.5. The van der Waals surface area contributed by atoms with Gasteiger partial charge in [-0.25, -0.2) is 9.37 Å². The number of nitrogens with zero attached hydrogens (tertiary/aromatic N) is 4. The van der Waals surface area contributed by atoms with Crippen molar-refractivity contribution in [2.45, 2.75) is 26.7 Å². The summed E-state index contributed by atoms with van der Waals surface area (Å²) in [5.74, 6) is 0.401. The van der Waals surface area contributed by atoms with E-state index in [0.29, 0.717) is 12.5 Å². The molecule has 0 unspecified atom stereocenters. The van der Waals surface area contributed by atoms with Crippen LogP contribution in [0.4, 0.5) is 10.1 Å². The van der Waals surface area contributed by atoms with Crippen LogP contribution in [-0.4, -0.2) is 48.6 Å². The fourth-order valence-corrected chi connectivity index (χ4v) is 4.14. The van der Waals surface area contributed by atoms with Crippen molar-refractivity contribution >= 4 is 47.0 Å². The molecule has 2 aromatic rings. The van der Waals surface area contributed by atoms with Gasteiger partial charge < -0.3 is 15.5 Å². The van der Waals surface area contributed by atoms with Gasteiger partial charge in [-0.05, 0) is 37.6 Å². The van der Waals surface area contributed by atoms with Crippen molar-refractivity contribution in [3.05, 3.63) is 45.7 Å². The first-order chi connectivity index (χ1) is 12.6. The number of aromatic nitrogens is 1. The number of halogens is 2. The van der Waals surface area contributed by atoms with Crippen LogP contribution in [0.1, 0.15) is 22.5 Å². The number of rotatable bonds is 5. The van der Waals surface area contributed by atoms with Crippen LogP contribution in [0.3, 0.4) is 0 Å². The predicted molar refractivity (Wildman–Crippen MR) is 122 cm³/mol. The van der Waals surface area contributed by atoms with E-state index in [2.05, 4.69) is 33.6 Å². The topological polar surface area (TPSA) is 57.8 Å². The lowest BCUT2D eigenvalue weighted by atomic mass is 10.2. The fraction of sp³-hybridized carbons (Fsp3) is 0.474. The van der Waals surface area contributed by atoms with Gasteiger partial charge in [-0.1, -0.05) is 6.92 Å². The molecule has 0 bridgehead atoms. The number of anilines is 1. The number of piperazine rings is 1. The van der Waals surface area contributed by atoms with E-state index in [1.165, 1.54) is 22.7 Å². The van der Waals surface area contributed by atoms with E-state index >= 15 is 0 Å². The highest BCUT2D eigenvalue weighted by Crippen LogP contribution is 2.19. The van der Waals surface area contributed by atoms with Gasteiger partial charge in [0.05, 0.1) is 10.7 Å². The first-order valence-corrected chi connectivity index (χ1v) is 9.89. The lowest BCUT2D eigenvalue weighted by Crippen LogP contribution is -2.51. The normalized spacial score (nSPS) is 15.0. The van der Waals surface area contributed by atoms with Crippen LogP contribution >= 0.6 is 35.3 Å². The second kappa shape index (κ2) is 10.2. The van der Waals surface area contributed by atoms with Crippen LogP contribution in [0.5, 0.6) is 0 Å². The lowest BCUT2D eigenvalue weighted by molar-refractivity contribution is 0.381. The summed E-state index contributed by atoms with van der Waals surface area (Å²) in [7, 11) is 0. The zero-order valence-corrected chi connectivity index (χ0v) is 19.0. The summed E-state index contributed by atoms with van der Waals surface area (Å²) in [5, 5.41) is 1.14. The highest BCUT2D eigenvalue weighted by atomic mass is 127. The molecule has 0 atom stereocenters. The molecule has 0 amide bonds. The molecule has 1 fully saturated rings. The van der Waals surface area contributed by atoms with E-state index in [0.717, 1.165) is 49.7 Å². The molecule has 1 aromatic carbocycles. The lowest BCUT2D eigenvalue weighted by Gasteiger charge is -2.36. The van der Waals surface area contributed by atoms with Crippen molar-refractivity contribution in [1.82, 2.24) is 9.88 Å². The van der Waals surface area contributed by atoms with Crippen molar-refractivity contribution in [3.8, 4) is 0 Å². The molecule has 27 heavy (non-hydrogen) atoms. The van der Waals surface area contributed by atoms with Gasteiger partial charge >= 0.3 is 0 Å². The van der Waals surface area contributed by atoms with Crippen LogP contribution in [0.25, 0.3) is 0 Å². The second-order valence-corrected chi connectivity index (χ2v) is 7.69. The third kappa shape index (κ3) is 5.78. The van der Waals surface area contributed by atoms with Gasteiger partial charge in [-0.3, -0.25) is 4.99 Å². The Morgan fingerprint density at radius 2 is 1.89 bits per heavy atom. The van der Waals surface area contributed by atoms with Crippen molar-refractivity contribution in [2.75, 3.05) is 37.6 Å². The summed E-state index contributed by atoms with van der Waals surface area (Å²) < 4.78 is 13.0. The first-order valence-electron chi connectivity index (χ1n) is 9.07. The van der Waals surface area contributed by atoms with E-state index in [4.69, 9.17) is 5.73 Å². The smallest absolute Gasteiger partial charge is 0.191 e. The maximum atomic E-state index is 13.0. The average Bonchev–Trinajstić information content (AvgIpc) is 3.02. The summed E-state index contributed by atoms with van der Waals surface area (Å²) in [6.45, 7) is 8.28. The van der Waals surface area contributed by atoms with Crippen LogP contribution < -0.4 is 10.6 Å². The first kappa shape index (κ1) is 21.9. The third-order valence-corrected chi connectivity index (χ3v) is 5.74. The Hall–Kier alpha value is -1.42. The molecule has 1 aliphatic rings. The zero-order valence-electron chi connectivity index (χ0n) is 15.8. The molecule has 1 saturated heterocycles. The van der Waals surface area contributed by atoms with E-state index < -0.39 is 0 Å². The standard InChI is InChI=1S/C19H26FN5S.HI/c1-3-17-14(2)26-18(23-17)8-9-22-19(21)25-12-10-24(11-13-25)16-6-4-15(20)5-7-16;/h4-7H,3,8-13H2,1-2H3,(H2,21,22);1H. The largest absolute Gasteiger partial charge is 0.370 e. The third-order valence-electron chi connectivity index (χ3n) is 4.67. The number of guanidine groups is 1. The molecule has 148 valence electrons. The summed E-state index contributed by atoms with van der Waals surface area (Å²) in [6.07, 6.45) is 1.81. The Kier molecular flexibility index (Phi) is 8.28. The molecule has 8 heteroatoms. The van der Waals surface area contributed by atoms with Gasteiger partial charge in [0.2, 0.25) is 0 Å². The molecular weight excluding hydrogens is 476 g/mol. The maximum absolute atomic E-state index is 13.0. The van der Waals surface area contributed by atoms with Crippen LogP contribution in [0.2, 0.25) is 0 Å².